The van der Waals surface area contributed by atoms with Crippen LogP contribution in [-0.2, 0) is 11.3 Å². The van der Waals surface area contributed by atoms with Crippen molar-refractivity contribution in [1.29, 1.82) is 0 Å². The van der Waals surface area contributed by atoms with E-state index in [1.807, 2.05) is 0 Å². The van der Waals surface area contributed by atoms with Crippen molar-refractivity contribution in [3.63, 3.8) is 0 Å². The van der Waals surface area contributed by atoms with Crippen molar-refractivity contribution < 1.29 is 18.3 Å². The van der Waals surface area contributed by atoms with Crippen molar-refractivity contribution in [3.05, 3.63) is 64.2 Å². The molecule has 104 valence electrons. The zero-order chi connectivity index (χ0) is 14.7. The maximum Gasteiger partial charge on any atom is 0.338 e. The fourth-order valence-corrected chi connectivity index (χ4v) is 1.75. The number of hydrogen-bond donors (Lipinski definition) is 1. The first kappa shape index (κ1) is 14.3. The molecule has 2 aromatic carbocycles. The lowest BCUT2D eigenvalue weighted by atomic mass is 10.2. The lowest BCUT2D eigenvalue weighted by molar-refractivity contribution is 0.0469. The van der Waals surface area contributed by atoms with Crippen LogP contribution in [0.4, 0.5) is 14.5 Å². The molecule has 0 saturated heterocycles. The summed E-state index contributed by atoms with van der Waals surface area (Å²) in [6.45, 7) is -0.275. The van der Waals surface area contributed by atoms with Gasteiger partial charge in [0.2, 0.25) is 0 Å². The minimum Gasteiger partial charge on any atom is -0.457 e. The first-order valence-electron chi connectivity index (χ1n) is 5.64. The predicted molar refractivity (Wildman–Crippen MR) is 71.3 cm³/mol. The summed E-state index contributed by atoms with van der Waals surface area (Å²) in [5.74, 6) is -1.99. The fourth-order valence-electron chi connectivity index (χ4n) is 1.56. The second kappa shape index (κ2) is 5.88. The van der Waals surface area contributed by atoms with Crippen LogP contribution in [0.25, 0.3) is 0 Å². The Hall–Kier alpha value is -2.14. The molecular weight excluding hydrogens is 288 g/mol. The highest BCUT2D eigenvalue weighted by Crippen LogP contribution is 2.19. The number of carbonyl (C=O) groups is 1. The summed E-state index contributed by atoms with van der Waals surface area (Å²) in [5.41, 5.74) is 5.43. The van der Waals surface area contributed by atoms with Crippen LogP contribution in [0.1, 0.15) is 15.9 Å². The summed E-state index contributed by atoms with van der Waals surface area (Å²) in [6, 6.07) is 7.85. The highest BCUT2D eigenvalue weighted by Gasteiger charge is 2.12. The molecule has 0 spiro atoms. The van der Waals surface area contributed by atoms with Crippen LogP contribution in [-0.4, -0.2) is 5.97 Å². The lowest BCUT2D eigenvalue weighted by Crippen LogP contribution is -2.07. The van der Waals surface area contributed by atoms with Crippen LogP contribution in [0, 0.1) is 11.6 Å². The van der Waals surface area contributed by atoms with Crippen LogP contribution in [0.15, 0.2) is 36.4 Å². The Morgan fingerprint density at radius 1 is 1.25 bits per heavy atom. The molecule has 0 aliphatic heterocycles. The Morgan fingerprint density at radius 2 is 2.00 bits per heavy atom. The first-order valence-corrected chi connectivity index (χ1v) is 6.02. The van der Waals surface area contributed by atoms with E-state index in [-0.39, 0.29) is 28.4 Å². The van der Waals surface area contributed by atoms with Gasteiger partial charge in [-0.15, -0.1) is 0 Å². The van der Waals surface area contributed by atoms with Gasteiger partial charge in [0, 0.05) is 5.56 Å². The quantitative estimate of drug-likeness (QED) is 0.696. The highest BCUT2D eigenvalue weighted by atomic mass is 35.5. The minimum atomic E-state index is -0.726. The summed E-state index contributed by atoms with van der Waals surface area (Å²) >= 11 is 5.61. The van der Waals surface area contributed by atoms with Gasteiger partial charge in [0.15, 0.2) is 0 Å². The Balaban J connectivity index is 2.08. The number of benzene rings is 2. The molecule has 0 aliphatic carbocycles. The number of ether oxygens (including phenoxy) is 1. The van der Waals surface area contributed by atoms with Crippen molar-refractivity contribution in [2.45, 2.75) is 6.61 Å². The molecule has 0 radical (unpaired) electrons. The van der Waals surface area contributed by atoms with E-state index in [4.69, 9.17) is 22.1 Å². The van der Waals surface area contributed by atoms with E-state index < -0.39 is 17.6 Å². The normalized spacial score (nSPS) is 10.3. The van der Waals surface area contributed by atoms with Crippen LogP contribution in [0.3, 0.4) is 0 Å². The molecule has 0 aliphatic rings. The summed E-state index contributed by atoms with van der Waals surface area (Å²) in [7, 11) is 0. The topological polar surface area (TPSA) is 52.3 Å². The van der Waals surface area contributed by atoms with Gasteiger partial charge in [0.05, 0.1) is 16.3 Å². The van der Waals surface area contributed by atoms with Crippen LogP contribution >= 0.6 is 11.6 Å². The van der Waals surface area contributed by atoms with Gasteiger partial charge in [-0.05, 0) is 24.3 Å². The molecule has 2 N–H and O–H groups in total. The Kier molecular flexibility index (Phi) is 4.20. The number of hydrogen-bond acceptors (Lipinski definition) is 3. The Bertz CT molecular complexity index is 662. The van der Waals surface area contributed by atoms with E-state index in [1.54, 1.807) is 6.07 Å². The number of rotatable bonds is 3. The van der Waals surface area contributed by atoms with Gasteiger partial charge in [-0.1, -0.05) is 23.7 Å². The molecule has 0 aromatic heterocycles. The number of nitrogens with two attached hydrogens (primary N) is 1. The third-order valence-corrected chi connectivity index (χ3v) is 2.91. The summed E-state index contributed by atoms with van der Waals surface area (Å²) in [6.07, 6.45) is 0. The smallest absolute Gasteiger partial charge is 0.338 e. The van der Waals surface area contributed by atoms with E-state index in [2.05, 4.69) is 0 Å². The van der Waals surface area contributed by atoms with Gasteiger partial charge in [-0.25, -0.2) is 13.6 Å². The van der Waals surface area contributed by atoms with Gasteiger partial charge < -0.3 is 10.5 Å². The van der Waals surface area contributed by atoms with Crippen molar-refractivity contribution in [2.75, 3.05) is 5.73 Å². The SMILES string of the molecule is Nc1cc(C(=O)OCc2cccc(Cl)c2F)ccc1F. The van der Waals surface area contributed by atoms with Gasteiger partial charge in [0.25, 0.3) is 0 Å². The monoisotopic (exact) mass is 297 g/mol. The second-order valence-corrected chi connectivity index (χ2v) is 4.43. The fraction of sp³-hybridized carbons (Fsp3) is 0.0714. The molecule has 0 atom stereocenters. The molecule has 2 rings (SSSR count). The van der Waals surface area contributed by atoms with E-state index in [0.717, 1.165) is 12.1 Å². The van der Waals surface area contributed by atoms with E-state index >= 15 is 0 Å². The molecular formula is C14H10ClF2NO2. The van der Waals surface area contributed by atoms with Crippen LogP contribution in [0.2, 0.25) is 5.02 Å². The van der Waals surface area contributed by atoms with Gasteiger partial charge in [-0.2, -0.15) is 0 Å². The summed E-state index contributed by atoms with van der Waals surface area (Å²) < 4.78 is 31.5. The largest absolute Gasteiger partial charge is 0.457 e. The minimum absolute atomic E-state index is 0.0513. The molecule has 0 saturated carbocycles. The zero-order valence-corrected chi connectivity index (χ0v) is 11.0. The van der Waals surface area contributed by atoms with Crippen LogP contribution in [0.5, 0.6) is 0 Å². The molecule has 3 nitrogen and oxygen atoms in total. The van der Waals surface area contributed by atoms with Gasteiger partial charge in [-0.3, -0.25) is 0 Å². The molecule has 0 amide bonds. The third-order valence-electron chi connectivity index (χ3n) is 2.62. The van der Waals surface area contributed by atoms with E-state index in [0.29, 0.717) is 0 Å². The maximum absolute atomic E-state index is 13.6. The number of nitrogen functional groups attached to an aromatic ring is 1. The first-order chi connectivity index (χ1) is 9.49. The molecule has 20 heavy (non-hydrogen) atoms. The molecule has 0 bridgehead atoms. The molecule has 0 unspecified atom stereocenters. The Morgan fingerprint density at radius 3 is 2.70 bits per heavy atom. The number of halogens is 3. The number of esters is 1. The Labute approximate surface area is 118 Å². The van der Waals surface area contributed by atoms with Crippen molar-refractivity contribution in [1.82, 2.24) is 0 Å². The van der Waals surface area contributed by atoms with E-state index in [1.165, 1.54) is 18.2 Å². The molecule has 2 aromatic rings. The van der Waals surface area contributed by atoms with Crippen molar-refractivity contribution in [3.8, 4) is 0 Å². The molecule has 0 fully saturated rings. The molecule has 0 heterocycles. The predicted octanol–water partition coefficient (Wildman–Crippen LogP) is 3.56. The van der Waals surface area contributed by atoms with Crippen molar-refractivity contribution in [2.24, 2.45) is 0 Å². The third kappa shape index (κ3) is 3.05. The van der Waals surface area contributed by atoms with Crippen LogP contribution < -0.4 is 5.73 Å². The van der Waals surface area contributed by atoms with E-state index in [9.17, 15) is 13.6 Å². The molecule has 6 heteroatoms. The lowest BCUT2D eigenvalue weighted by Gasteiger charge is -2.07. The zero-order valence-electron chi connectivity index (χ0n) is 10.2. The van der Waals surface area contributed by atoms with Gasteiger partial charge >= 0.3 is 5.97 Å². The average Bonchev–Trinajstić information content (AvgIpc) is 2.43. The van der Waals surface area contributed by atoms with Gasteiger partial charge in [0.1, 0.15) is 18.2 Å². The number of anilines is 1. The summed E-state index contributed by atoms with van der Waals surface area (Å²) in [5, 5.41) is -0.0513. The average molecular weight is 298 g/mol. The maximum atomic E-state index is 13.6. The summed E-state index contributed by atoms with van der Waals surface area (Å²) in [4.78, 5) is 11.7. The highest BCUT2D eigenvalue weighted by molar-refractivity contribution is 6.30. The standard InChI is InChI=1S/C14H10ClF2NO2/c15-10-3-1-2-9(13(10)17)7-20-14(19)8-4-5-11(16)12(18)6-8/h1-6H,7,18H2. The second-order valence-electron chi connectivity index (χ2n) is 4.03. The number of carbonyl (C=O) groups excluding carboxylic acids is 1. The van der Waals surface area contributed by atoms with Crippen molar-refractivity contribution >= 4 is 23.3 Å².